The summed E-state index contributed by atoms with van der Waals surface area (Å²) in [5.41, 5.74) is 0.0710. The van der Waals surface area contributed by atoms with Crippen LogP contribution >= 0.6 is 0 Å². The van der Waals surface area contributed by atoms with E-state index in [4.69, 9.17) is 9.47 Å². The van der Waals surface area contributed by atoms with Crippen LogP contribution in [0.3, 0.4) is 0 Å². The van der Waals surface area contributed by atoms with E-state index in [1.165, 1.54) is 19.2 Å². The summed E-state index contributed by atoms with van der Waals surface area (Å²) in [6, 6.07) is 4.54. The number of carbonyl (C=O) groups excluding carboxylic acids is 1. The van der Waals surface area contributed by atoms with Gasteiger partial charge in [0.1, 0.15) is 0 Å². The van der Waals surface area contributed by atoms with Gasteiger partial charge in [0.15, 0.2) is 17.3 Å². The molecule has 1 aliphatic rings. The van der Waals surface area contributed by atoms with E-state index in [0.29, 0.717) is 13.2 Å². The van der Waals surface area contributed by atoms with E-state index in [1.54, 1.807) is 6.07 Å². The lowest BCUT2D eigenvalue weighted by atomic mass is 10.0. The van der Waals surface area contributed by atoms with Gasteiger partial charge in [-0.15, -0.1) is 0 Å². The molecule has 5 heteroatoms. The number of rotatable bonds is 4. The molecule has 98 valence electrons. The molecule has 1 atom stereocenters. The summed E-state index contributed by atoms with van der Waals surface area (Å²) in [7, 11) is 1.38. The van der Waals surface area contributed by atoms with Crippen molar-refractivity contribution in [3.8, 4) is 5.75 Å². The molecule has 1 heterocycles. The SMILES string of the molecule is COc1cccc(C(=O)CC2COCCN2)c1F. The van der Waals surface area contributed by atoms with Gasteiger partial charge in [-0.3, -0.25) is 4.79 Å². The molecule has 1 aromatic rings. The van der Waals surface area contributed by atoms with Crippen molar-refractivity contribution in [1.29, 1.82) is 0 Å². The second-order valence-electron chi connectivity index (χ2n) is 4.18. The number of carbonyl (C=O) groups is 1. The molecule has 0 radical (unpaired) electrons. The maximum absolute atomic E-state index is 13.9. The Morgan fingerprint density at radius 1 is 1.61 bits per heavy atom. The molecule has 1 unspecified atom stereocenters. The third-order valence-corrected chi connectivity index (χ3v) is 2.91. The van der Waals surface area contributed by atoms with Crippen molar-refractivity contribution in [2.24, 2.45) is 0 Å². The summed E-state index contributed by atoms with van der Waals surface area (Å²) in [5, 5.41) is 3.17. The lowest BCUT2D eigenvalue weighted by molar-refractivity contribution is 0.0674. The van der Waals surface area contributed by atoms with Gasteiger partial charge in [0, 0.05) is 19.0 Å². The van der Waals surface area contributed by atoms with Crippen molar-refractivity contribution in [2.75, 3.05) is 26.9 Å². The third-order valence-electron chi connectivity index (χ3n) is 2.91. The molecule has 0 spiro atoms. The van der Waals surface area contributed by atoms with Crippen LogP contribution in [0.4, 0.5) is 4.39 Å². The van der Waals surface area contributed by atoms with Gasteiger partial charge < -0.3 is 14.8 Å². The van der Waals surface area contributed by atoms with Crippen LogP contribution in [0.1, 0.15) is 16.8 Å². The van der Waals surface area contributed by atoms with Crippen LogP contribution in [0, 0.1) is 5.82 Å². The Kier molecular flexibility index (Phi) is 4.28. The molecule has 2 rings (SSSR count). The quantitative estimate of drug-likeness (QED) is 0.824. The van der Waals surface area contributed by atoms with Gasteiger partial charge in [-0.25, -0.2) is 4.39 Å². The van der Waals surface area contributed by atoms with Gasteiger partial charge in [-0.05, 0) is 12.1 Å². The van der Waals surface area contributed by atoms with E-state index in [2.05, 4.69) is 5.32 Å². The lowest BCUT2D eigenvalue weighted by Crippen LogP contribution is -2.42. The van der Waals surface area contributed by atoms with Gasteiger partial charge >= 0.3 is 0 Å². The maximum Gasteiger partial charge on any atom is 0.175 e. The highest BCUT2D eigenvalue weighted by atomic mass is 19.1. The maximum atomic E-state index is 13.9. The van der Waals surface area contributed by atoms with Crippen molar-refractivity contribution in [2.45, 2.75) is 12.5 Å². The Balaban J connectivity index is 2.08. The Morgan fingerprint density at radius 2 is 2.44 bits per heavy atom. The number of benzene rings is 1. The molecule has 0 saturated carbocycles. The van der Waals surface area contributed by atoms with Gasteiger partial charge in [0.05, 0.1) is 25.9 Å². The number of methoxy groups -OCH3 is 1. The molecule has 1 fully saturated rings. The van der Waals surface area contributed by atoms with Crippen LogP contribution in [-0.4, -0.2) is 38.7 Å². The van der Waals surface area contributed by atoms with E-state index in [-0.39, 0.29) is 29.6 Å². The first-order valence-corrected chi connectivity index (χ1v) is 5.89. The third kappa shape index (κ3) is 2.86. The van der Waals surface area contributed by atoms with Crippen LogP contribution < -0.4 is 10.1 Å². The Bertz CT molecular complexity index is 430. The summed E-state index contributed by atoms with van der Waals surface area (Å²) in [6.07, 6.45) is 0.226. The number of hydrogen-bond acceptors (Lipinski definition) is 4. The van der Waals surface area contributed by atoms with Crippen molar-refractivity contribution >= 4 is 5.78 Å². The fourth-order valence-electron chi connectivity index (χ4n) is 1.97. The molecule has 0 aromatic heterocycles. The van der Waals surface area contributed by atoms with Crippen molar-refractivity contribution in [3.05, 3.63) is 29.6 Å². The number of Topliss-reactive ketones (excluding diaryl/α,β-unsaturated/α-hetero) is 1. The number of nitrogens with one attached hydrogen (secondary N) is 1. The fraction of sp³-hybridized carbons (Fsp3) is 0.462. The first-order chi connectivity index (χ1) is 8.72. The second-order valence-corrected chi connectivity index (χ2v) is 4.18. The summed E-state index contributed by atoms with van der Waals surface area (Å²) in [5.74, 6) is -0.746. The van der Waals surface area contributed by atoms with Crippen molar-refractivity contribution in [3.63, 3.8) is 0 Å². The topological polar surface area (TPSA) is 47.6 Å². The van der Waals surface area contributed by atoms with Crippen LogP contribution in [0.25, 0.3) is 0 Å². The molecule has 4 nitrogen and oxygen atoms in total. The van der Waals surface area contributed by atoms with Crippen LogP contribution in [0.2, 0.25) is 0 Å². The average Bonchev–Trinajstić information content (AvgIpc) is 2.40. The van der Waals surface area contributed by atoms with E-state index < -0.39 is 5.82 Å². The van der Waals surface area contributed by atoms with Crippen LogP contribution in [-0.2, 0) is 4.74 Å². The highest BCUT2D eigenvalue weighted by Crippen LogP contribution is 2.21. The number of morpholine rings is 1. The van der Waals surface area contributed by atoms with Gasteiger partial charge in [0.25, 0.3) is 0 Å². The monoisotopic (exact) mass is 253 g/mol. The van der Waals surface area contributed by atoms with Crippen molar-refractivity contribution < 1.29 is 18.7 Å². The van der Waals surface area contributed by atoms with E-state index in [1.807, 2.05) is 0 Å². The highest BCUT2D eigenvalue weighted by molar-refractivity contribution is 5.97. The standard InChI is InChI=1S/C13H16FNO3/c1-17-12-4-2-3-10(13(12)14)11(16)7-9-8-18-6-5-15-9/h2-4,9,15H,5-8H2,1H3. The van der Waals surface area contributed by atoms with Crippen LogP contribution in [0.5, 0.6) is 5.75 Å². The Labute approximate surface area is 105 Å². The number of hydrogen-bond donors (Lipinski definition) is 1. The van der Waals surface area contributed by atoms with Crippen molar-refractivity contribution in [1.82, 2.24) is 5.32 Å². The zero-order chi connectivity index (χ0) is 13.0. The lowest BCUT2D eigenvalue weighted by Gasteiger charge is -2.23. The Hall–Kier alpha value is -1.46. The van der Waals surface area contributed by atoms with Crippen LogP contribution in [0.15, 0.2) is 18.2 Å². The molecule has 1 aliphatic heterocycles. The summed E-state index contributed by atoms with van der Waals surface area (Å²) in [4.78, 5) is 12.0. The first kappa shape index (κ1) is 13.0. The minimum absolute atomic E-state index is 0.0446. The molecule has 18 heavy (non-hydrogen) atoms. The minimum Gasteiger partial charge on any atom is -0.494 e. The highest BCUT2D eigenvalue weighted by Gasteiger charge is 2.21. The molecule has 0 bridgehead atoms. The predicted octanol–water partition coefficient (Wildman–Crippen LogP) is 1.40. The molecule has 0 amide bonds. The Morgan fingerprint density at radius 3 is 3.11 bits per heavy atom. The first-order valence-electron chi connectivity index (χ1n) is 5.89. The zero-order valence-corrected chi connectivity index (χ0v) is 10.2. The van der Waals surface area contributed by atoms with Gasteiger partial charge in [0.2, 0.25) is 0 Å². The van der Waals surface area contributed by atoms with E-state index in [9.17, 15) is 9.18 Å². The molecule has 1 saturated heterocycles. The van der Waals surface area contributed by atoms with Gasteiger partial charge in [-0.2, -0.15) is 0 Å². The molecular weight excluding hydrogens is 237 g/mol. The number of ether oxygens (including phenoxy) is 2. The zero-order valence-electron chi connectivity index (χ0n) is 10.2. The summed E-state index contributed by atoms with van der Waals surface area (Å²) in [6.45, 7) is 1.86. The predicted molar refractivity (Wildman–Crippen MR) is 64.5 cm³/mol. The smallest absolute Gasteiger partial charge is 0.175 e. The molecule has 0 aliphatic carbocycles. The molecule has 1 aromatic carbocycles. The van der Waals surface area contributed by atoms with Gasteiger partial charge in [-0.1, -0.05) is 6.07 Å². The average molecular weight is 253 g/mol. The minimum atomic E-state index is -0.596. The summed E-state index contributed by atoms with van der Waals surface area (Å²) < 4.78 is 24.0. The summed E-state index contributed by atoms with van der Waals surface area (Å²) >= 11 is 0. The fourth-order valence-corrected chi connectivity index (χ4v) is 1.97. The second kappa shape index (κ2) is 5.93. The van der Waals surface area contributed by atoms with E-state index in [0.717, 1.165) is 6.54 Å². The largest absolute Gasteiger partial charge is 0.494 e. The molecule has 1 N–H and O–H groups in total. The number of halogens is 1. The van der Waals surface area contributed by atoms with E-state index >= 15 is 0 Å². The molecular formula is C13H16FNO3. The number of ketones is 1. The normalized spacial score (nSPS) is 19.6.